The van der Waals surface area contributed by atoms with Crippen LogP contribution < -0.4 is 22.3 Å². The number of methoxy groups -OCH3 is 1. The smallest absolute Gasteiger partial charge is 0.330 e. The molecule has 1 saturated heterocycles. The number of aromatic amines is 1. The number of carbonyl (C=O) groups excluding carboxylic acids is 2. The highest BCUT2D eigenvalue weighted by Crippen LogP contribution is 2.34. The number of hydrogen-bond acceptors (Lipinski definition) is 11. The zero-order chi connectivity index (χ0) is 30.8. The van der Waals surface area contributed by atoms with E-state index in [0.717, 1.165) is 39.2 Å². The maximum Gasteiger partial charge on any atom is 0.330 e. The first-order valence-corrected chi connectivity index (χ1v) is 13.2. The Balaban J connectivity index is 1.30. The van der Waals surface area contributed by atoms with Crippen LogP contribution in [0.15, 0.2) is 76.2 Å². The van der Waals surface area contributed by atoms with Crippen LogP contribution in [-0.2, 0) is 35.1 Å². The Morgan fingerprint density at radius 1 is 1.09 bits per heavy atom. The zero-order valence-corrected chi connectivity index (χ0v) is 22.7. The summed E-state index contributed by atoms with van der Waals surface area (Å²) in [6.45, 7) is 0.118. The predicted octanol–water partition coefficient (Wildman–Crippen LogP) is -1.89. The number of H-pyrrole nitrogens is 1. The summed E-state index contributed by atoms with van der Waals surface area (Å²) in [5, 5.41) is 36.5. The number of fused-ring (bicyclic) bond motifs is 1. The predicted molar refractivity (Wildman–Crippen MR) is 147 cm³/mol. The van der Waals surface area contributed by atoms with E-state index in [1.165, 1.54) is 7.11 Å². The van der Waals surface area contributed by atoms with Gasteiger partial charge in [-0.1, -0.05) is 36.4 Å². The van der Waals surface area contributed by atoms with Crippen molar-refractivity contribution in [1.29, 1.82) is 0 Å². The monoisotopic (exact) mass is 598 g/mol. The number of hydrogen-bond donors (Lipinski definition) is 6. The molecule has 0 unspecified atom stereocenters. The van der Waals surface area contributed by atoms with Gasteiger partial charge in [-0.3, -0.25) is 23.9 Å². The molecule has 2 aromatic carbocycles. The lowest BCUT2D eigenvalue weighted by Gasteiger charge is -2.35. The van der Waals surface area contributed by atoms with Gasteiger partial charge in [0.1, 0.15) is 30.5 Å². The van der Waals surface area contributed by atoms with Gasteiger partial charge in [-0.15, -0.1) is 0 Å². The maximum absolute atomic E-state index is 12.9. The van der Waals surface area contributed by atoms with Gasteiger partial charge >= 0.3 is 5.69 Å². The van der Waals surface area contributed by atoms with E-state index in [0.29, 0.717) is 0 Å². The fourth-order valence-corrected chi connectivity index (χ4v) is 5.01. The van der Waals surface area contributed by atoms with Crippen LogP contribution in [0.5, 0.6) is 0 Å². The fraction of sp³-hybridized carbons (Fsp3) is 0.357. The molecule has 43 heavy (non-hydrogen) atoms. The minimum absolute atomic E-state index is 0.118. The lowest BCUT2D eigenvalue weighted by atomic mass is 10.0. The van der Waals surface area contributed by atoms with E-state index in [4.69, 9.17) is 24.7 Å². The van der Waals surface area contributed by atoms with Gasteiger partial charge in [0.05, 0.1) is 0 Å². The third kappa shape index (κ3) is 6.22. The van der Waals surface area contributed by atoms with Crippen molar-refractivity contribution >= 4 is 22.6 Å². The molecule has 8 atom stereocenters. The van der Waals surface area contributed by atoms with Gasteiger partial charge in [-0.25, -0.2) is 4.79 Å². The number of nitrogens with one attached hydrogen (secondary N) is 2. The minimum Gasteiger partial charge on any atom is -0.456 e. The average Bonchev–Trinajstić information content (AvgIpc) is 3.31. The molecular weight excluding hydrogens is 568 g/mol. The van der Waals surface area contributed by atoms with Crippen molar-refractivity contribution in [3.05, 3.63) is 93.0 Å². The van der Waals surface area contributed by atoms with Crippen LogP contribution in [0.2, 0.25) is 0 Å². The Labute approximate surface area is 243 Å². The molecule has 0 spiro atoms. The van der Waals surface area contributed by atoms with Crippen LogP contribution in [0, 0.1) is 0 Å². The third-order valence-electron chi connectivity index (χ3n) is 7.19. The van der Waals surface area contributed by atoms with Crippen LogP contribution >= 0.6 is 0 Å². The molecule has 1 aromatic heterocycles. The van der Waals surface area contributed by atoms with Gasteiger partial charge < -0.3 is 45.3 Å². The first-order valence-electron chi connectivity index (χ1n) is 13.2. The van der Waals surface area contributed by atoms with Gasteiger partial charge in [0.15, 0.2) is 18.1 Å². The van der Waals surface area contributed by atoms with Gasteiger partial charge in [-0.2, -0.15) is 0 Å². The number of rotatable bonds is 9. The molecular formula is C28H30N4O11. The summed E-state index contributed by atoms with van der Waals surface area (Å²) >= 11 is 0. The number of nitrogens with two attached hydrogens (primary N) is 1. The summed E-state index contributed by atoms with van der Waals surface area (Å²) in [4.78, 5) is 51.2. The van der Waals surface area contributed by atoms with Gasteiger partial charge in [-0.05, 0) is 28.5 Å². The molecule has 2 aliphatic rings. The van der Waals surface area contributed by atoms with Crippen LogP contribution in [0.3, 0.4) is 0 Å². The lowest BCUT2D eigenvalue weighted by molar-refractivity contribution is -0.241. The summed E-state index contributed by atoms with van der Waals surface area (Å²) in [7, 11) is 1.21. The normalized spacial score (nSPS) is 27.7. The van der Waals surface area contributed by atoms with Crippen LogP contribution in [0.25, 0.3) is 10.8 Å². The Bertz CT molecular complexity index is 1650. The second-order valence-electron chi connectivity index (χ2n) is 10.0. The van der Waals surface area contributed by atoms with Crippen LogP contribution in [0.1, 0.15) is 11.8 Å². The quantitative estimate of drug-likeness (QED) is 0.160. The van der Waals surface area contributed by atoms with Crippen molar-refractivity contribution in [1.82, 2.24) is 14.9 Å². The fourth-order valence-electron chi connectivity index (χ4n) is 5.01. The number of amides is 2. The van der Waals surface area contributed by atoms with Gasteiger partial charge in [0, 0.05) is 25.9 Å². The molecule has 5 rings (SSSR count). The molecule has 1 fully saturated rings. The minimum atomic E-state index is -1.79. The Morgan fingerprint density at radius 2 is 1.84 bits per heavy atom. The van der Waals surface area contributed by atoms with E-state index in [1.54, 1.807) is 0 Å². The highest BCUT2D eigenvalue weighted by atomic mass is 16.7. The van der Waals surface area contributed by atoms with Crippen LogP contribution in [-0.4, -0.2) is 86.7 Å². The molecule has 0 aliphatic carbocycles. The van der Waals surface area contributed by atoms with Crippen molar-refractivity contribution in [2.45, 2.75) is 55.7 Å². The number of aliphatic hydroxyl groups is 3. The second kappa shape index (κ2) is 12.5. The third-order valence-corrected chi connectivity index (χ3v) is 7.19. The Hall–Kier alpha value is -4.38. The number of carbonyl (C=O) groups is 2. The summed E-state index contributed by atoms with van der Waals surface area (Å²) in [5.74, 6) is -2.25. The molecule has 0 bridgehead atoms. The lowest BCUT2D eigenvalue weighted by Crippen LogP contribution is -2.54. The van der Waals surface area contributed by atoms with E-state index in [9.17, 15) is 34.5 Å². The zero-order valence-electron chi connectivity index (χ0n) is 22.7. The molecule has 15 nitrogen and oxygen atoms in total. The molecule has 0 radical (unpaired) electrons. The van der Waals surface area contributed by atoms with Crippen LogP contribution in [0.4, 0.5) is 0 Å². The van der Waals surface area contributed by atoms with Crippen molar-refractivity contribution < 1.29 is 43.9 Å². The number of benzene rings is 2. The van der Waals surface area contributed by atoms with Crippen molar-refractivity contribution in [2.75, 3.05) is 7.11 Å². The summed E-state index contributed by atoms with van der Waals surface area (Å²) < 4.78 is 23.1. The van der Waals surface area contributed by atoms with Gasteiger partial charge in [0.2, 0.25) is 12.2 Å². The summed E-state index contributed by atoms with van der Waals surface area (Å²) in [6, 6.07) is 14.4. The molecule has 7 N–H and O–H groups in total. The van der Waals surface area contributed by atoms with E-state index >= 15 is 0 Å². The van der Waals surface area contributed by atoms with E-state index < -0.39 is 72.2 Å². The molecule has 15 heteroatoms. The standard InChI is InChI=1S/C28H30N4O11/c1-40-21-20(36)26(32-9-8-18(34)31-28(32)39)42-22(21)23(24(29)37)43-27-19(35)16(33)11-17(41-27)25(38)30-12-13-6-7-14-4-2-3-5-15(14)10-13/h2-11,16,19-23,26-27,33,35-36H,12H2,1H3,(H2,29,37)(H,30,38)(H,31,34,39)/t16-,19-,20+,21-,22-,23+,26+,27+/m0/s1. The van der Waals surface area contributed by atoms with E-state index in [2.05, 4.69) is 5.32 Å². The summed E-state index contributed by atoms with van der Waals surface area (Å²) in [5.41, 5.74) is 4.78. The largest absolute Gasteiger partial charge is 0.456 e. The first kappa shape index (κ1) is 30.1. The highest BCUT2D eigenvalue weighted by Gasteiger charge is 2.52. The number of aromatic nitrogens is 2. The molecule has 2 aliphatic heterocycles. The molecule has 3 heterocycles. The number of ether oxygens (including phenoxy) is 4. The maximum atomic E-state index is 12.9. The molecule has 3 aromatic rings. The molecule has 228 valence electrons. The Kier molecular flexibility index (Phi) is 8.72. The van der Waals surface area contributed by atoms with Crippen molar-refractivity contribution in [3.8, 4) is 0 Å². The number of nitrogens with zero attached hydrogens (tertiary/aromatic N) is 1. The SMILES string of the molecule is CO[C@H]1[C@@H](O)[C@H](n2ccc(=O)[nH]c2=O)O[C@@H]1[C@@H](O[C@H]1OC(C(=O)NCc2ccc3ccccc3c2)=C[C@H](O)[C@@H]1O)C(N)=O. The van der Waals surface area contributed by atoms with Crippen molar-refractivity contribution in [3.63, 3.8) is 0 Å². The second-order valence-corrected chi connectivity index (χ2v) is 10.0. The number of primary amides is 1. The van der Waals surface area contributed by atoms with Crippen molar-refractivity contribution in [2.24, 2.45) is 5.73 Å². The number of aliphatic hydroxyl groups excluding tert-OH is 3. The van der Waals surface area contributed by atoms with E-state index in [1.807, 2.05) is 47.4 Å². The van der Waals surface area contributed by atoms with E-state index in [-0.39, 0.29) is 12.3 Å². The highest BCUT2D eigenvalue weighted by molar-refractivity contribution is 5.91. The van der Waals surface area contributed by atoms with Gasteiger partial charge in [0.25, 0.3) is 11.5 Å². The topological polar surface area (TPSA) is 225 Å². The molecule has 2 amide bonds. The Morgan fingerprint density at radius 3 is 2.53 bits per heavy atom. The molecule has 0 saturated carbocycles. The first-order chi connectivity index (χ1) is 20.6. The average molecular weight is 599 g/mol. The summed E-state index contributed by atoms with van der Waals surface area (Å²) in [6.07, 6.45) is -10.6.